The molecule has 0 bridgehead atoms. The molecule has 2 aromatic carbocycles. The Balaban J connectivity index is 1.69. The van der Waals surface area contributed by atoms with E-state index >= 15 is 0 Å². The summed E-state index contributed by atoms with van der Waals surface area (Å²) in [4.78, 5) is 0. The number of nitrogens with one attached hydrogen (secondary N) is 1. The average molecular weight is 291 g/mol. The van der Waals surface area contributed by atoms with Gasteiger partial charge in [0, 0.05) is 12.0 Å². The molecule has 0 saturated carbocycles. The van der Waals surface area contributed by atoms with Gasteiger partial charge in [-0.2, -0.15) is 5.10 Å². The fourth-order valence-electron chi connectivity index (χ4n) is 2.45. The number of para-hydroxylation sites is 1. The Morgan fingerprint density at radius 2 is 1.59 bits per heavy atom. The summed E-state index contributed by atoms with van der Waals surface area (Å²) in [6.07, 6.45) is 3.89. The van der Waals surface area contributed by atoms with Gasteiger partial charge in [-0.1, -0.05) is 62.4 Å². The zero-order chi connectivity index (χ0) is 15.4. The number of benzene rings is 2. The average Bonchev–Trinajstić information content (AvgIpc) is 3.04. The first-order chi connectivity index (χ1) is 10.6. The number of rotatable bonds is 5. The quantitative estimate of drug-likeness (QED) is 0.761. The van der Waals surface area contributed by atoms with Crippen LogP contribution in [0.4, 0.5) is 5.69 Å². The van der Waals surface area contributed by atoms with Gasteiger partial charge in [-0.3, -0.25) is 0 Å². The van der Waals surface area contributed by atoms with E-state index in [0.29, 0.717) is 0 Å². The molecule has 0 atom stereocenters. The number of nitrogens with zero attached hydrogens (tertiary/aromatic N) is 2. The van der Waals surface area contributed by atoms with Crippen molar-refractivity contribution in [3.63, 3.8) is 0 Å². The minimum atomic E-state index is 0.0656. The van der Waals surface area contributed by atoms with Crippen LogP contribution in [0.3, 0.4) is 0 Å². The number of hydrogen-bond acceptors (Lipinski definition) is 2. The molecular formula is C19H21N3. The lowest BCUT2D eigenvalue weighted by Crippen LogP contribution is -2.27. The first-order valence-electron chi connectivity index (χ1n) is 7.55. The monoisotopic (exact) mass is 291 g/mol. The van der Waals surface area contributed by atoms with Gasteiger partial charge in [-0.25, -0.2) is 4.68 Å². The highest BCUT2D eigenvalue weighted by Gasteiger charge is 2.20. The first-order valence-corrected chi connectivity index (χ1v) is 7.55. The Morgan fingerprint density at radius 1 is 0.955 bits per heavy atom. The van der Waals surface area contributed by atoms with Gasteiger partial charge in [0.1, 0.15) is 0 Å². The molecule has 1 aromatic heterocycles. The summed E-state index contributed by atoms with van der Waals surface area (Å²) >= 11 is 0. The van der Waals surface area contributed by atoms with Crippen LogP contribution < -0.4 is 5.32 Å². The molecule has 3 nitrogen and oxygen atoms in total. The van der Waals surface area contributed by atoms with Crippen LogP contribution in [0.25, 0.3) is 5.69 Å². The minimum absolute atomic E-state index is 0.0656. The van der Waals surface area contributed by atoms with Crippen molar-refractivity contribution in [1.29, 1.82) is 0 Å². The Bertz CT molecular complexity index is 715. The van der Waals surface area contributed by atoms with Crippen LogP contribution in [0.1, 0.15) is 19.4 Å². The number of aromatic nitrogens is 2. The predicted molar refractivity (Wildman–Crippen MR) is 91.5 cm³/mol. The molecule has 0 spiro atoms. The normalized spacial score (nSPS) is 11.4. The minimum Gasteiger partial charge on any atom is -0.382 e. The summed E-state index contributed by atoms with van der Waals surface area (Å²) in [5.74, 6) is 0. The maximum absolute atomic E-state index is 4.41. The Hall–Kier alpha value is -2.55. The first kappa shape index (κ1) is 14.4. The molecular weight excluding hydrogens is 270 g/mol. The van der Waals surface area contributed by atoms with E-state index in [9.17, 15) is 0 Å². The van der Waals surface area contributed by atoms with Gasteiger partial charge < -0.3 is 5.32 Å². The molecule has 0 unspecified atom stereocenters. The zero-order valence-corrected chi connectivity index (χ0v) is 13.0. The molecule has 22 heavy (non-hydrogen) atoms. The van der Waals surface area contributed by atoms with E-state index in [2.05, 4.69) is 54.6 Å². The van der Waals surface area contributed by atoms with Crippen molar-refractivity contribution in [1.82, 2.24) is 9.78 Å². The molecule has 0 amide bonds. The Morgan fingerprint density at radius 3 is 2.27 bits per heavy atom. The highest BCUT2D eigenvalue weighted by atomic mass is 15.3. The van der Waals surface area contributed by atoms with E-state index in [4.69, 9.17) is 0 Å². The molecule has 1 N–H and O–H groups in total. The van der Waals surface area contributed by atoms with Gasteiger partial charge in [0.25, 0.3) is 0 Å². The van der Waals surface area contributed by atoms with Crippen molar-refractivity contribution < 1.29 is 0 Å². The van der Waals surface area contributed by atoms with Gasteiger partial charge in [0.15, 0.2) is 0 Å². The molecule has 0 aliphatic heterocycles. The molecule has 3 rings (SSSR count). The fourth-order valence-corrected chi connectivity index (χ4v) is 2.45. The maximum Gasteiger partial charge on any atom is 0.0731 e. The summed E-state index contributed by atoms with van der Waals surface area (Å²) in [5.41, 5.74) is 3.50. The van der Waals surface area contributed by atoms with E-state index < -0.39 is 0 Å². The SMILES string of the molecule is CC(C)(CNc1cnn(-c2ccccc2)c1)c1ccccc1. The standard InChI is InChI=1S/C19H21N3/c1-19(2,16-9-5-3-6-10-16)15-20-17-13-21-22(14-17)18-11-7-4-8-12-18/h3-14,20H,15H2,1-2H3. The van der Waals surface area contributed by atoms with Crippen LogP contribution in [0.5, 0.6) is 0 Å². The fraction of sp³-hybridized carbons (Fsp3) is 0.211. The highest BCUT2D eigenvalue weighted by molar-refractivity contribution is 5.43. The van der Waals surface area contributed by atoms with Crippen molar-refractivity contribution >= 4 is 5.69 Å². The highest BCUT2D eigenvalue weighted by Crippen LogP contribution is 2.23. The molecule has 0 aliphatic carbocycles. The van der Waals surface area contributed by atoms with Crippen LogP contribution in [-0.2, 0) is 5.41 Å². The summed E-state index contributed by atoms with van der Waals surface area (Å²) in [6, 6.07) is 20.7. The van der Waals surface area contributed by atoms with Gasteiger partial charge >= 0.3 is 0 Å². The third-order valence-corrected chi connectivity index (χ3v) is 3.89. The topological polar surface area (TPSA) is 29.9 Å². The molecule has 3 aromatic rings. The predicted octanol–water partition coefficient (Wildman–Crippen LogP) is 4.26. The smallest absolute Gasteiger partial charge is 0.0731 e. The van der Waals surface area contributed by atoms with E-state index in [1.165, 1.54) is 5.56 Å². The number of hydrogen-bond donors (Lipinski definition) is 1. The lowest BCUT2D eigenvalue weighted by molar-refractivity contribution is 0.557. The van der Waals surface area contributed by atoms with Crippen molar-refractivity contribution in [2.45, 2.75) is 19.3 Å². The maximum atomic E-state index is 4.41. The van der Waals surface area contributed by atoms with Crippen molar-refractivity contribution in [2.75, 3.05) is 11.9 Å². The number of anilines is 1. The van der Waals surface area contributed by atoms with Gasteiger partial charge in [-0.15, -0.1) is 0 Å². The lowest BCUT2D eigenvalue weighted by atomic mass is 9.84. The second-order valence-electron chi connectivity index (χ2n) is 6.11. The molecule has 3 heteroatoms. The second-order valence-corrected chi connectivity index (χ2v) is 6.11. The van der Waals surface area contributed by atoms with Crippen LogP contribution in [0.15, 0.2) is 73.1 Å². The summed E-state index contributed by atoms with van der Waals surface area (Å²) in [7, 11) is 0. The van der Waals surface area contributed by atoms with Crippen LogP contribution in [-0.4, -0.2) is 16.3 Å². The lowest BCUT2D eigenvalue weighted by Gasteiger charge is -2.25. The largest absolute Gasteiger partial charge is 0.382 e. The summed E-state index contributed by atoms with van der Waals surface area (Å²) in [6.45, 7) is 5.35. The van der Waals surface area contributed by atoms with E-state index in [0.717, 1.165) is 17.9 Å². The summed E-state index contributed by atoms with van der Waals surface area (Å²) < 4.78 is 1.89. The van der Waals surface area contributed by atoms with Crippen molar-refractivity contribution in [3.8, 4) is 5.69 Å². The molecule has 0 aliphatic rings. The third-order valence-electron chi connectivity index (χ3n) is 3.89. The zero-order valence-electron chi connectivity index (χ0n) is 13.0. The van der Waals surface area contributed by atoms with Crippen LogP contribution in [0, 0.1) is 0 Å². The molecule has 0 fully saturated rings. The molecule has 112 valence electrons. The van der Waals surface area contributed by atoms with E-state index in [1.807, 2.05) is 47.4 Å². The molecule has 1 heterocycles. The van der Waals surface area contributed by atoms with Crippen LogP contribution in [0.2, 0.25) is 0 Å². The van der Waals surface area contributed by atoms with E-state index in [-0.39, 0.29) is 5.41 Å². The van der Waals surface area contributed by atoms with Crippen molar-refractivity contribution in [3.05, 3.63) is 78.6 Å². The Kier molecular flexibility index (Phi) is 3.96. The molecule has 0 radical (unpaired) electrons. The van der Waals surface area contributed by atoms with Crippen molar-refractivity contribution in [2.24, 2.45) is 0 Å². The summed E-state index contributed by atoms with van der Waals surface area (Å²) in [5, 5.41) is 7.90. The van der Waals surface area contributed by atoms with Gasteiger partial charge in [0.2, 0.25) is 0 Å². The van der Waals surface area contributed by atoms with Gasteiger partial charge in [-0.05, 0) is 17.7 Å². The van der Waals surface area contributed by atoms with Gasteiger partial charge in [0.05, 0.1) is 23.8 Å². The third kappa shape index (κ3) is 3.19. The van der Waals surface area contributed by atoms with E-state index in [1.54, 1.807) is 0 Å². The Labute approximate surface area is 131 Å². The second kappa shape index (κ2) is 6.06. The van der Waals surface area contributed by atoms with Crippen LogP contribution >= 0.6 is 0 Å². The molecule has 0 saturated heterocycles.